The van der Waals surface area contributed by atoms with Crippen LogP contribution in [0.2, 0.25) is 0 Å². The van der Waals surface area contributed by atoms with Gasteiger partial charge in [-0.1, -0.05) is 0 Å². The molecule has 1 amide bonds. The number of hydrogen-bond acceptors (Lipinski definition) is 6. The van der Waals surface area contributed by atoms with E-state index in [1.54, 1.807) is 19.4 Å². The van der Waals surface area contributed by atoms with Gasteiger partial charge in [-0.3, -0.25) is 4.79 Å². The molecule has 1 aliphatic rings. The van der Waals surface area contributed by atoms with Gasteiger partial charge in [-0.05, 0) is 36.4 Å². The summed E-state index contributed by atoms with van der Waals surface area (Å²) in [6.45, 7) is 3.90. The van der Waals surface area contributed by atoms with Crippen LogP contribution >= 0.6 is 0 Å². The van der Waals surface area contributed by atoms with E-state index in [4.69, 9.17) is 14.2 Å². The Balaban J connectivity index is 1.42. The minimum atomic E-state index is -0.211. The number of carbonyl (C=O) groups excluding carboxylic acids is 1. The first kappa shape index (κ1) is 18.0. The third-order valence-corrected chi connectivity index (χ3v) is 4.07. The summed E-state index contributed by atoms with van der Waals surface area (Å²) in [5.74, 6) is 1.29. The van der Waals surface area contributed by atoms with Gasteiger partial charge in [0.2, 0.25) is 0 Å². The molecule has 3 rings (SSSR count). The van der Waals surface area contributed by atoms with E-state index in [2.05, 4.69) is 15.2 Å². The van der Waals surface area contributed by atoms with Crippen molar-refractivity contribution in [1.82, 2.24) is 10.3 Å². The maximum absolute atomic E-state index is 12.1. The molecule has 138 valence electrons. The quantitative estimate of drug-likeness (QED) is 0.761. The average molecular weight is 357 g/mol. The Morgan fingerprint density at radius 3 is 2.54 bits per heavy atom. The molecule has 0 bridgehead atoms. The summed E-state index contributed by atoms with van der Waals surface area (Å²) in [6, 6.07) is 11.0. The molecule has 1 aliphatic heterocycles. The van der Waals surface area contributed by atoms with Crippen LogP contribution in [0.3, 0.4) is 0 Å². The predicted octanol–water partition coefficient (Wildman–Crippen LogP) is 1.74. The maximum atomic E-state index is 12.1. The third kappa shape index (κ3) is 4.86. The summed E-state index contributed by atoms with van der Waals surface area (Å²) in [4.78, 5) is 18.6. The zero-order valence-corrected chi connectivity index (χ0v) is 14.8. The van der Waals surface area contributed by atoms with Crippen LogP contribution in [-0.4, -0.2) is 57.5 Å². The SMILES string of the molecule is COc1ccc(OCCNC(=O)c2ccc(N3CCOCC3)cn2)cc1. The van der Waals surface area contributed by atoms with Crippen molar-refractivity contribution in [3.63, 3.8) is 0 Å². The molecule has 1 N–H and O–H groups in total. The molecule has 1 aromatic heterocycles. The van der Waals surface area contributed by atoms with Gasteiger partial charge in [-0.2, -0.15) is 0 Å². The summed E-state index contributed by atoms with van der Waals surface area (Å²) >= 11 is 0. The van der Waals surface area contributed by atoms with Gasteiger partial charge in [0, 0.05) is 13.1 Å². The smallest absolute Gasteiger partial charge is 0.269 e. The fourth-order valence-electron chi connectivity index (χ4n) is 2.62. The first-order chi connectivity index (χ1) is 12.8. The molecule has 0 radical (unpaired) electrons. The Morgan fingerprint density at radius 2 is 1.88 bits per heavy atom. The lowest BCUT2D eigenvalue weighted by molar-refractivity contribution is 0.0942. The number of carbonyl (C=O) groups is 1. The molecule has 0 unspecified atom stereocenters. The van der Waals surface area contributed by atoms with E-state index in [1.807, 2.05) is 30.3 Å². The summed E-state index contributed by atoms with van der Waals surface area (Å²) in [5.41, 5.74) is 1.40. The van der Waals surface area contributed by atoms with E-state index in [0.29, 0.717) is 18.8 Å². The number of aromatic nitrogens is 1. The highest BCUT2D eigenvalue weighted by molar-refractivity contribution is 5.92. The van der Waals surface area contributed by atoms with Crippen molar-refractivity contribution in [2.75, 3.05) is 51.5 Å². The summed E-state index contributed by atoms with van der Waals surface area (Å²) < 4.78 is 16.0. The van der Waals surface area contributed by atoms with E-state index in [1.165, 1.54) is 0 Å². The molecule has 1 saturated heterocycles. The van der Waals surface area contributed by atoms with Crippen LogP contribution in [-0.2, 0) is 4.74 Å². The summed E-state index contributed by atoms with van der Waals surface area (Å²) in [5, 5.41) is 2.81. The second-order valence-electron chi connectivity index (χ2n) is 5.78. The van der Waals surface area contributed by atoms with Gasteiger partial charge >= 0.3 is 0 Å². The van der Waals surface area contributed by atoms with Crippen LogP contribution in [0.1, 0.15) is 10.5 Å². The number of anilines is 1. The van der Waals surface area contributed by atoms with Gasteiger partial charge in [-0.15, -0.1) is 0 Å². The fraction of sp³-hybridized carbons (Fsp3) is 0.368. The maximum Gasteiger partial charge on any atom is 0.269 e. The van der Waals surface area contributed by atoms with Crippen molar-refractivity contribution in [1.29, 1.82) is 0 Å². The van der Waals surface area contributed by atoms with Crippen molar-refractivity contribution in [3.8, 4) is 11.5 Å². The van der Waals surface area contributed by atoms with Crippen molar-refractivity contribution in [2.45, 2.75) is 0 Å². The largest absolute Gasteiger partial charge is 0.497 e. The highest BCUT2D eigenvalue weighted by Crippen LogP contribution is 2.17. The molecule has 26 heavy (non-hydrogen) atoms. The van der Waals surface area contributed by atoms with E-state index >= 15 is 0 Å². The van der Waals surface area contributed by atoms with Crippen LogP contribution < -0.4 is 19.7 Å². The number of amides is 1. The van der Waals surface area contributed by atoms with Crippen LogP contribution in [0, 0.1) is 0 Å². The minimum Gasteiger partial charge on any atom is -0.497 e. The number of nitrogens with zero attached hydrogens (tertiary/aromatic N) is 2. The molecule has 2 aromatic rings. The van der Waals surface area contributed by atoms with Gasteiger partial charge in [0.05, 0.1) is 38.8 Å². The number of methoxy groups -OCH3 is 1. The monoisotopic (exact) mass is 357 g/mol. The van der Waals surface area contributed by atoms with Gasteiger partial charge in [0.25, 0.3) is 5.91 Å². The summed E-state index contributed by atoms with van der Waals surface area (Å²) in [6.07, 6.45) is 1.73. The predicted molar refractivity (Wildman–Crippen MR) is 98.1 cm³/mol. The lowest BCUT2D eigenvalue weighted by atomic mass is 10.3. The van der Waals surface area contributed by atoms with E-state index < -0.39 is 0 Å². The molecule has 0 spiro atoms. The second-order valence-corrected chi connectivity index (χ2v) is 5.78. The molecule has 0 atom stereocenters. The summed E-state index contributed by atoms with van der Waals surface area (Å²) in [7, 11) is 1.62. The molecule has 7 nitrogen and oxygen atoms in total. The third-order valence-electron chi connectivity index (χ3n) is 4.07. The molecule has 0 aliphatic carbocycles. The normalized spacial score (nSPS) is 14.0. The minimum absolute atomic E-state index is 0.211. The molecule has 1 fully saturated rings. The number of pyridine rings is 1. The molecular formula is C19H23N3O4. The molecule has 7 heteroatoms. The Hall–Kier alpha value is -2.80. The van der Waals surface area contributed by atoms with Crippen molar-refractivity contribution < 1.29 is 19.0 Å². The Bertz CT molecular complexity index is 698. The first-order valence-corrected chi connectivity index (χ1v) is 8.60. The van der Waals surface area contributed by atoms with E-state index in [-0.39, 0.29) is 5.91 Å². The number of hydrogen-bond donors (Lipinski definition) is 1. The van der Waals surface area contributed by atoms with E-state index in [0.717, 1.165) is 43.5 Å². The molecule has 0 saturated carbocycles. The van der Waals surface area contributed by atoms with Crippen LogP contribution in [0.25, 0.3) is 0 Å². The number of morpholine rings is 1. The number of rotatable bonds is 7. The number of benzene rings is 1. The lowest BCUT2D eigenvalue weighted by Gasteiger charge is -2.28. The highest BCUT2D eigenvalue weighted by atomic mass is 16.5. The highest BCUT2D eigenvalue weighted by Gasteiger charge is 2.13. The fourth-order valence-corrected chi connectivity index (χ4v) is 2.62. The molecule has 1 aromatic carbocycles. The van der Waals surface area contributed by atoms with Crippen LogP contribution in [0.15, 0.2) is 42.6 Å². The number of ether oxygens (including phenoxy) is 3. The molecule has 2 heterocycles. The van der Waals surface area contributed by atoms with Crippen LogP contribution in [0.4, 0.5) is 5.69 Å². The topological polar surface area (TPSA) is 72.9 Å². The van der Waals surface area contributed by atoms with Crippen molar-refractivity contribution in [3.05, 3.63) is 48.3 Å². The van der Waals surface area contributed by atoms with Crippen molar-refractivity contribution in [2.24, 2.45) is 0 Å². The van der Waals surface area contributed by atoms with Crippen molar-refractivity contribution >= 4 is 11.6 Å². The standard InChI is InChI=1S/C19H23N3O4/c1-24-16-3-5-17(6-4-16)26-11-8-20-19(23)18-7-2-15(14-21-18)22-9-12-25-13-10-22/h2-7,14H,8-13H2,1H3,(H,20,23). The van der Waals surface area contributed by atoms with Gasteiger partial charge < -0.3 is 24.4 Å². The van der Waals surface area contributed by atoms with Gasteiger partial charge in [0.1, 0.15) is 23.8 Å². The second kappa shape index (κ2) is 9.05. The molecular weight excluding hydrogens is 334 g/mol. The zero-order valence-electron chi connectivity index (χ0n) is 14.8. The van der Waals surface area contributed by atoms with Gasteiger partial charge in [-0.25, -0.2) is 4.98 Å². The first-order valence-electron chi connectivity index (χ1n) is 8.60. The number of nitrogens with one attached hydrogen (secondary N) is 1. The Kier molecular flexibility index (Phi) is 6.27. The average Bonchev–Trinajstić information content (AvgIpc) is 2.72. The zero-order chi connectivity index (χ0) is 18.2. The van der Waals surface area contributed by atoms with Gasteiger partial charge in [0.15, 0.2) is 0 Å². The van der Waals surface area contributed by atoms with E-state index in [9.17, 15) is 4.79 Å². The van der Waals surface area contributed by atoms with Crippen LogP contribution in [0.5, 0.6) is 11.5 Å². The Morgan fingerprint density at radius 1 is 1.15 bits per heavy atom. The Labute approximate surface area is 152 Å². The lowest BCUT2D eigenvalue weighted by Crippen LogP contribution is -2.36.